The van der Waals surface area contributed by atoms with Crippen LogP contribution in [-0.4, -0.2) is 5.91 Å². The van der Waals surface area contributed by atoms with Gasteiger partial charge in [-0.2, -0.15) is 5.26 Å². The highest BCUT2D eigenvalue weighted by molar-refractivity contribution is 7.10. The van der Waals surface area contributed by atoms with Crippen molar-refractivity contribution in [3.05, 3.63) is 63.9 Å². The van der Waals surface area contributed by atoms with Crippen LogP contribution in [0.15, 0.2) is 53.4 Å². The molecule has 0 saturated heterocycles. The number of amides is 1. The first-order valence-corrected chi connectivity index (χ1v) is 6.65. The molecule has 1 heterocycles. The quantitative estimate of drug-likeness (QED) is 0.684. The number of rotatable bonds is 4. The predicted molar refractivity (Wildman–Crippen MR) is 76.2 cm³/mol. The molecule has 0 saturated carbocycles. The predicted octanol–water partition coefficient (Wildman–Crippen LogP) is 2.97. The van der Waals surface area contributed by atoms with E-state index in [4.69, 9.17) is 5.26 Å². The first-order chi connectivity index (χ1) is 9.29. The fraction of sp³-hybridized carbons (Fsp3) is 0.0667. The molecule has 3 nitrogen and oxygen atoms in total. The maximum absolute atomic E-state index is 11.9. The maximum Gasteiger partial charge on any atom is 0.262 e. The van der Waals surface area contributed by atoms with Crippen LogP contribution in [0.4, 0.5) is 0 Å². The third-order valence-electron chi connectivity index (χ3n) is 2.49. The highest BCUT2D eigenvalue weighted by atomic mass is 32.1. The number of hydrogen-bond acceptors (Lipinski definition) is 3. The second-order valence-corrected chi connectivity index (χ2v) is 4.83. The average molecular weight is 268 g/mol. The molecule has 0 spiro atoms. The molecule has 0 radical (unpaired) electrons. The van der Waals surface area contributed by atoms with Crippen LogP contribution < -0.4 is 5.32 Å². The smallest absolute Gasteiger partial charge is 0.262 e. The third kappa shape index (κ3) is 3.80. The van der Waals surface area contributed by atoms with Crippen molar-refractivity contribution in [2.75, 3.05) is 0 Å². The summed E-state index contributed by atoms with van der Waals surface area (Å²) >= 11 is 1.49. The Hall–Kier alpha value is -2.38. The number of carbonyl (C=O) groups is 1. The maximum atomic E-state index is 11.9. The molecule has 1 amide bonds. The number of nitriles is 1. The van der Waals surface area contributed by atoms with Gasteiger partial charge in [0.1, 0.15) is 11.6 Å². The number of benzene rings is 1. The van der Waals surface area contributed by atoms with E-state index in [0.717, 1.165) is 10.4 Å². The van der Waals surface area contributed by atoms with E-state index in [1.807, 2.05) is 53.9 Å². The average Bonchev–Trinajstić information content (AvgIpc) is 2.96. The fourth-order valence-electron chi connectivity index (χ4n) is 1.54. The normalized spacial score (nSPS) is 10.8. The number of hydrogen-bond donors (Lipinski definition) is 1. The molecule has 2 aromatic rings. The van der Waals surface area contributed by atoms with Crippen LogP contribution in [0.5, 0.6) is 0 Å². The molecule has 19 heavy (non-hydrogen) atoms. The van der Waals surface area contributed by atoms with Gasteiger partial charge in [0.05, 0.1) is 0 Å². The standard InChI is InChI=1S/C15H12N2OS/c16-10-13(9-14-7-4-8-19-14)15(18)17-11-12-5-2-1-3-6-12/h1-9H,11H2,(H,17,18)/b13-9+. The lowest BCUT2D eigenvalue weighted by atomic mass is 10.2. The van der Waals surface area contributed by atoms with Crippen molar-refractivity contribution >= 4 is 23.3 Å². The summed E-state index contributed by atoms with van der Waals surface area (Å²) in [6.07, 6.45) is 1.60. The van der Waals surface area contributed by atoms with Crippen LogP contribution >= 0.6 is 11.3 Å². The van der Waals surface area contributed by atoms with E-state index in [0.29, 0.717) is 6.54 Å². The molecule has 1 N–H and O–H groups in total. The topological polar surface area (TPSA) is 52.9 Å². The summed E-state index contributed by atoms with van der Waals surface area (Å²) in [4.78, 5) is 12.8. The number of thiophene rings is 1. The molecule has 4 heteroatoms. The van der Waals surface area contributed by atoms with Gasteiger partial charge in [-0.15, -0.1) is 11.3 Å². The summed E-state index contributed by atoms with van der Waals surface area (Å²) < 4.78 is 0. The van der Waals surface area contributed by atoms with Crippen molar-refractivity contribution < 1.29 is 4.79 Å². The van der Waals surface area contributed by atoms with Crippen LogP contribution in [0.3, 0.4) is 0 Å². The second-order valence-electron chi connectivity index (χ2n) is 3.85. The van der Waals surface area contributed by atoms with Gasteiger partial charge >= 0.3 is 0 Å². The van der Waals surface area contributed by atoms with Crippen LogP contribution in [0.2, 0.25) is 0 Å². The lowest BCUT2D eigenvalue weighted by Crippen LogP contribution is -2.23. The van der Waals surface area contributed by atoms with Gasteiger partial charge in [-0.25, -0.2) is 0 Å². The lowest BCUT2D eigenvalue weighted by Gasteiger charge is -2.03. The van der Waals surface area contributed by atoms with E-state index in [1.165, 1.54) is 11.3 Å². The van der Waals surface area contributed by atoms with E-state index in [1.54, 1.807) is 6.08 Å². The zero-order valence-electron chi connectivity index (χ0n) is 10.2. The molecule has 0 aliphatic rings. The summed E-state index contributed by atoms with van der Waals surface area (Å²) in [5.41, 5.74) is 1.13. The molecule has 2 rings (SSSR count). The minimum absolute atomic E-state index is 0.124. The molecule has 0 atom stereocenters. The molecule has 0 bridgehead atoms. The molecule has 1 aromatic heterocycles. The minimum Gasteiger partial charge on any atom is -0.347 e. The van der Waals surface area contributed by atoms with Crippen LogP contribution in [-0.2, 0) is 11.3 Å². The Morgan fingerprint density at radius 1 is 1.26 bits per heavy atom. The third-order valence-corrected chi connectivity index (χ3v) is 3.31. The van der Waals surface area contributed by atoms with E-state index in [-0.39, 0.29) is 11.5 Å². The van der Waals surface area contributed by atoms with E-state index in [9.17, 15) is 4.79 Å². The largest absolute Gasteiger partial charge is 0.347 e. The zero-order valence-corrected chi connectivity index (χ0v) is 11.0. The highest BCUT2D eigenvalue weighted by Crippen LogP contribution is 2.13. The van der Waals surface area contributed by atoms with Gasteiger partial charge in [-0.3, -0.25) is 4.79 Å². The van der Waals surface area contributed by atoms with Crippen molar-refractivity contribution in [3.8, 4) is 6.07 Å². The summed E-state index contributed by atoms with van der Waals surface area (Å²) in [5.74, 6) is -0.347. The first kappa shape index (κ1) is 13.1. The number of carbonyl (C=O) groups excluding carboxylic acids is 1. The summed E-state index contributed by atoms with van der Waals surface area (Å²) in [6, 6.07) is 15.3. The molecule has 0 aliphatic heterocycles. The zero-order chi connectivity index (χ0) is 13.5. The summed E-state index contributed by atoms with van der Waals surface area (Å²) in [6.45, 7) is 0.420. The van der Waals surface area contributed by atoms with Crippen molar-refractivity contribution in [3.63, 3.8) is 0 Å². The molecule has 0 unspecified atom stereocenters. The van der Waals surface area contributed by atoms with E-state index < -0.39 is 0 Å². The first-order valence-electron chi connectivity index (χ1n) is 5.77. The highest BCUT2D eigenvalue weighted by Gasteiger charge is 2.08. The van der Waals surface area contributed by atoms with Crippen LogP contribution in [0.25, 0.3) is 6.08 Å². The molecule has 0 aliphatic carbocycles. The minimum atomic E-state index is -0.347. The Balaban J connectivity index is 2.01. The Morgan fingerprint density at radius 3 is 2.68 bits per heavy atom. The summed E-state index contributed by atoms with van der Waals surface area (Å²) in [5, 5.41) is 13.7. The number of nitrogens with one attached hydrogen (secondary N) is 1. The van der Waals surface area contributed by atoms with Gasteiger partial charge in [-0.1, -0.05) is 36.4 Å². The van der Waals surface area contributed by atoms with Crippen molar-refractivity contribution in [2.24, 2.45) is 0 Å². The molecular weight excluding hydrogens is 256 g/mol. The van der Waals surface area contributed by atoms with Gasteiger partial charge in [0.15, 0.2) is 0 Å². The van der Waals surface area contributed by atoms with Crippen LogP contribution in [0.1, 0.15) is 10.4 Å². The van der Waals surface area contributed by atoms with Crippen molar-refractivity contribution in [1.29, 1.82) is 5.26 Å². The molecular formula is C15H12N2OS. The van der Waals surface area contributed by atoms with Gasteiger partial charge in [-0.05, 0) is 23.1 Å². The molecule has 1 aromatic carbocycles. The lowest BCUT2D eigenvalue weighted by molar-refractivity contribution is -0.117. The Morgan fingerprint density at radius 2 is 2.05 bits per heavy atom. The van der Waals surface area contributed by atoms with Gasteiger partial charge in [0, 0.05) is 11.4 Å². The van der Waals surface area contributed by atoms with Gasteiger partial charge < -0.3 is 5.32 Å². The monoisotopic (exact) mass is 268 g/mol. The summed E-state index contributed by atoms with van der Waals surface area (Å²) in [7, 11) is 0. The van der Waals surface area contributed by atoms with Gasteiger partial charge in [0.25, 0.3) is 5.91 Å². The fourth-order valence-corrected chi connectivity index (χ4v) is 2.19. The molecule has 94 valence electrons. The number of nitrogens with zero attached hydrogens (tertiary/aromatic N) is 1. The van der Waals surface area contributed by atoms with E-state index >= 15 is 0 Å². The molecule has 0 fully saturated rings. The van der Waals surface area contributed by atoms with Gasteiger partial charge in [0.2, 0.25) is 0 Å². The van der Waals surface area contributed by atoms with E-state index in [2.05, 4.69) is 5.32 Å². The van der Waals surface area contributed by atoms with Crippen molar-refractivity contribution in [1.82, 2.24) is 5.32 Å². The Bertz CT molecular complexity index is 609. The Labute approximate surface area is 115 Å². The van der Waals surface area contributed by atoms with Crippen LogP contribution in [0, 0.1) is 11.3 Å². The SMILES string of the molecule is N#C/C(=C\c1cccs1)C(=O)NCc1ccccc1. The second kappa shape index (κ2) is 6.53. The van der Waals surface area contributed by atoms with Crippen molar-refractivity contribution in [2.45, 2.75) is 6.54 Å². The Kier molecular flexibility index (Phi) is 4.49.